The number of carbonyl (C=O) groups is 1. The van der Waals surface area contributed by atoms with E-state index >= 15 is 0 Å². The van der Waals surface area contributed by atoms with Crippen LogP contribution in [0.4, 0.5) is 0 Å². The van der Waals surface area contributed by atoms with Crippen molar-refractivity contribution in [3.63, 3.8) is 0 Å². The smallest absolute Gasteiger partial charge is 0.239 e. The Labute approximate surface area is 123 Å². The van der Waals surface area contributed by atoms with Gasteiger partial charge in [0.05, 0.1) is 12.0 Å². The maximum atomic E-state index is 11.8. The number of hydrogen-bond acceptors (Lipinski definition) is 4. The molecular weight excluding hydrogens is 270 g/mol. The number of hydrogen-bond donors (Lipinski definition) is 0. The zero-order valence-corrected chi connectivity index (χ0v) is 12.3. The second kappa shape index (κ2) is 5.79. The largest absolute Gasteiger partial charge is 0.289 e. The van der Waals surface area contributed by atoms with Gasteiger partial charge in [0.25, 0.3) is 0 Å². The lowest BCUT2D eigenvalue weighted by Crippen LogP contribution is -2.31. The van der Waals surface area contributed by atoms with Gasteiger partial charge in [-0.3, -0.25) is 9.69 Å². The van der Waals surface area contributed by atoms with Crippen molar-refractivity contribution < 1.29 is 4.79 Å². The van der Waals surface area contributed by atoms with E-state index < -0.39 is 0 Å². The summed E-state index contributed by atoms with van der Waals surface area (Å²) in [4.78, 5) is 13.6. The van der Waals surface area contributed by atoms with Crippen molar-refractivity contribution in [1.29, 1.82) is 0 Å². The van der Waals surface area contributed by atoms with Crippen LogP contribution in [0.25, 0.3) is 0 Å². The average molecular weight is 287 g/mol. The molecule has 104 valence electrons. The Morgan fingerprint density at radius 1 is 1.35 bits per heavy atom. The monoisotopic (exact) mass is 287 g/mol. The minimum absolute atomic E-state index is 0.159. The molecule has 0 radical (unpaired) electrons. The topological polar surface area (TPSA) is 45.0 Å². The molecule has 0 atom stereocenters. The summed E-state index contributed by atoms with van der Waals surface area (Å²) in [5.41, 5.74) is 2.24. The molecule has 1 aliphatic carbocycles. The summed E-state index contributed by atoms with van der Waals surface area (Å²) in [7, 11) is 0. The van der Waals surface area contributed by atoms with Crippen LogP contribution in [0.3, 0.4) is 0 Å². The highest BCUT2D eigenvalue weighted by Crippen LogP contribution is 2.32. The van der Waals surface area contributed by atoms with E-state index in [2.05, 4.69) is 17.1 Å². The minimum Gasteiger partial charge on any atom is -0.289 e. The first kappa shape index (κ1) is 13.4. The molecule has 0 aromatic heterocycles. The first-order valence-corrected chi connectivity index (χ1v) is 7.82. The number of carbonyl (C=O) groups excluding carboxylic acids is 1. The Morgan fingerprint density at radius 2 is 2.10 bits per heavy atom. The molecule has 1 heterocycles. The number of thioether (sulfide) groups is 1. The van der Waals surface area contributed by atoms with Gasteiger partial charge >= 0.3 is 0 Å². The van der Waals surface area contributed by atoms with Crippen LogP contribution in [0, 0.1) is 12.8 Å². The number of rotatable bonds is 4. The summed E-state index contributed by atoms with van der Waals surface area (Å²) in [6.45, 7) is 2.86. The fraction of sp³-hybridized carbons (Fsp3) is 0.400. The van der Waals surface area contributed by atoms with Crippen LogP contribution in [0.2, 0.25) is 0 Å². The van der Waals surface area contributed by atoms with E-state index in [1.54, 1.807) is 11.1 Å². The Morgan fingerprint density at radius 3 is 2.80 bits per heavy atom. The fourth-order valence-electron chi connectivity index (χ4n) is 2.01. The van der Waals surface area contributed by atoms with Crippen LogP contribution in [-0.2, 0) is 4.79 Å². The second-order valence-electron chi connectivity index (χ2n) is 5.27. The molecule has 5 heteroatoms. The summed E-state index contributed by atoms with van der Waals surface area (Å²) < 4.78 is 0. The summed E-state index contributed by atoms with van der Waals surface area (Å²) in [5.74, 6) is 1.32. The van der Waals surface area contributed by atoms with E-state index in [9.17, 15) is 4.79 Å². The quantitative estimate of drug-likeness (QED) is 0.631. The average Bonchev–Trinajstić information content (AvgIpc) is 3.20. The highest BCUT2D eigenvalue weighted by Gasteiger charge is 2.33. The third-order valence-electron chi connectivity index (χ3n) is 3.42. The Balaban J connectivity index is 1.67. The standard InChI is InChI=1S/C15H17N3OS/c1-11-2-4-12(5-3-11)8-16-17-15-18(9-13-6-7-13)14(19)10-20-15/h2-5,8,13H,6-7,9-10H2,1H3/b16-8+,17-15?. The second-order valence-corrected chi connectivity index (χ2v) is 6.22. The van der Waals surface area contributed by atoms with Gasteiger partial charge in [-0.25, -0.2) is 0 Å². The van der Waals surface area contributed by atoms with Crippen molar-refractivity contribution in [2.45, 2.75) is 19.8 Å². The van der Waals surface area contributed by atoms with Gasteiger partial charge in [0.15, 0.2) is 5.17 Å². The van der Waals surface area contributed by atoms with Crippen molar-refractivity contribution in [2.24, 2.45) is 16.1 Å². The van der Waals surface area contributed by atoms with Crippen LogP contribution >= 0.6 is 11.8 Å². The van der Waals surface area contributed by atoms with Gasteiger partial charge in [-0.05, 0) is 31.2 Å². The van der Waals surface area contributed by atoms with Crippen LogP contribution in [0.5, 0.6) is 0 Å². The number of amidine groups is 1. The van der Waals surface area contributed by atoms with Crippen molar-refractivity contribution in [3.8, 4) is 0 Å². The van der Waals surface area contributed by atoms with E-state index in [1.165, 1.54) is 30.2 Å². The number of nitrogens with zero attached hydrogens (tertiary/aromatic N) is 3. The van der Waals surface area contributed by atoms with E-state index in [0.717, 1.165) is 17.3 Å². The molecular formula is C15H17N3OS. The normalized spacial score (nSPS) is 21.4. The predicted octanol–water partition coefficient (Wildman–Crippen LogP) is 2.67. The third kappa shape index (κ3) is 3.28. The van der Waals surface area contributed by atoms with Crippen LogP contribution in [0.15, 0.2) is 34.5 Å². The molecule has 1 saturated carbocycles. The molecule has 0 unspecified atom stereocenters. The molecule has 1 aromatic carbocycles. The minimum atomic E-state index is 0.159. The van der Waals surface area contributed by atoms with Crippen LogP contribution < -0.4 is 0 Å². The molecule has 2 fully saturated rings. The van der Waals surface area contributed by atoms with E-state index in [0.29, 0.717) is 11.7 Å². The maximum Gasteiger partial charge on any atom is 0.239 e. The molecule has 20 heavy (non-hydrogen) atoms. The van der Waals surface area contributed by atoms with Crippen molar-refractivity contribution in [2.75, 3.05) is 12.3 Å². The van der Waals surface area contributed by atoms with E-state index in [-0.39, 0.29) is 5.91 Å². The lowest BCUT2D eigenvalue weighted by Gasteiger charge is -2.13. The summed E-state index contributed by atoms with van der Waals surface area (Å²) in [6, 6.07) is 8.10. The molecule has 2 aliphatic rings. The number of benzene rings is 1. The van der Waals surface area contributed by atoms with Gasteiger partial charge in [0.2, 0.25) is 5.91 Å². The third-order valence-corrected chi connectivity index (χ3v) is 4.37. The molecule has 1 aliphatic heterocycles. The zero-order chi connectivity index (χ0) is 13.9. The molecule has 1 amide bonds. The SMILES string of the molecule is Cc1ccc(/C=N/N=C2SCC(=O)N2CC2CC2)cc1. The molecule has 4 nitrogen and oxygen atoms in total. The lowest BCUT2D eigenvalue weighted by atomic mass is 10.2. The van der Waals surface area contributed by atoms with Gasteiger partial charge in [-0.1, -0.05) is 41.6 Å². The molecule has 1 saturated heterocycles. The molecule has 3 rings (SSSR count). The molecule has 0 N–H and O–H groups in total. The maximum absolute atomic E-state index is 11.8. The number of amides is 1. The Hall–Kier alpha value is -1.62. The predicted molar refractivity (Wildman–Crippen MR) is 83.1 cm³/mol. The zero-order valence-electron chi connectivity index (χ0n) is 11.5. The van der Waals surface area contributed by atoms with E-state index in [4.69, 9.17) is 0 Å². The van der Waals surface area contributed by atoms with Gasteiger partial charge in [-0.15, -0.1) is 5.10 Å². The highest BCUT2D eigenvalue weighted by molar-refractivity contribution is 8.15. The van der Waals surface area contributed by atoms with Crippen molar-refractivity contribution >= 4 is 29.1 Å². The fourth-order valence-corrected chi connectivity index (χ4v) is 2.85. The van der Waals surface area contributed by atoms with Gasteiger partial charge < -0.3 is 0 Å². The van der Waals surface area contributed by atoms with Gasteiger partial charge in [-0.2, -0.15) is 5.10 Å². The Kier molecular flexibility index (Phi) is 3.87. The van der Waals surface area contributed by atoms with E-state index in [1.807, 2.05) is 24.3 Å². The van der Waals surface area contributed by atoms with Crippen molar-refractivity contribution in [3.05, 3.63) is 35.4 Å². The first-order valence-electron chi connectivity index (χ1n) is 6.83. The summed E-state index contributed by atoms with van der Waals surface area (Å²) >= 11 is 1.48. The molecule has 0 spiro atoms. The number of aryl methyl sites for hydroxylation is 1. The summed E-state index contributed by atoms with van der Waals surface area (Å²) in [5, 5.41) is 9.06. The summed E-state index contributed by atoms with van der Waals surface area (Å²) in [6.07, 6.45) is 4.19. The Bertz CT molecular complexity index is 561. The van der Waals surface area contributed by atoms with Crippen LogP contribution in [-0.4, -0.2) is 34.5 Å². The lowest BCUT2D eigenvalue weighted by molar-refractivity contribution is -0.124. The van der Waals surface area contributed by atoms with Gasteiger partial charge in [0.1, 0.15) is 0 Å². The first-order chi connectivity index (χ1) is 9.72. The molecule has 0 bridgehead atoms. The van der Waals surface area contributed by atoms with Crippen molar-refractivity contribution in [1.82, 2.24) is 4.90 Å². The highest BCUT2D eigenvalue weighted by atomic mass is 32.2. The van der Waals surface area contributed by atoms with Gasteiger partial charge in [0, 0.05) is 6.54 Å². The van der Waals surface area contributed by atoms with Crippen LogP contribution in [0.1, 0.15) is 24.0 Å². The molecule has 1 aromatic rings.